The summed E-state index contributed by atoms with van der Waals surface area (Å²) in [5.74, 6) is 0.644. The fourth-order valence-corrected chi connectivity index (χ4v) is 7.55. The molecule has 1 aliphatic heterocycles. The van der Waals surface area contributed by atoms with Gasteiger partial charge < -0.3 is 34.3 Å². The lowest BCUT2D eigenvalue weighted by Gasteiger charge is -2.44. The van der Waals surface area contributed by atoms with Crippen LogP contribution < -0.4 is 14.8 Å². The van der Waals surface area contributed by atoms with Crippen LogP contribution in [0.5, 0.6) is 11.5 Å². The van der Waals surface area contributed by atoms with E-state index in [1.807, 2.05) is 56.4 Å². The minimum absolute atomic E-state index is 0.0827. The molecule has 230 valence electrons. The van der Waals surface area contributed by atoms with Crippen molar-refractivity contribution in [3.05, 3.63) is 89.5 Å². The van der Waals surface area contributed by atoms with Gasteiger partial charge in [-0.3, -0.25) is 9.59 Å². The van der Waals surface area contributed by atoms with Crippen molar-refractivity contribution in [2.24, 2.45) is 5.92 Å². The first-order chi connectivity index (χ1) is 20.5. The minimum Gasteiger partial charge on any atom is -0.497 e. The van der Waals surface area contributed by atoms with Gasteiger partial charge in [0.1, 0.15) is 17.6 Å². The lowest BCUT2D eigenvalue weighted by atomic mass is 9.86. The number of rotatable bonds is 12. The number of ether oxygens (including phenoxy) is 3. The van der Waals surface area contributed by atoms with Crippen molar-refractivity contribution in [3.63, 3.8) is 0 Å². The van der Waals surface area contributed by atoms with Crippen LogP contribution >= 0.6 is 0 Å². The number of carbonyl (C=O) groups excluding carboxylic acids is 2. The van der Waals surface area contributed by atoms with E-state index in [2.05, 4.69) is 5.32 Å². The smallest absolute Gasteiger partial charge is 0.255 e. The van der Waals surface area contributed by atoms with E-state index in [0.717, 1.165) is 11.1 Å². The van der Waals surface area contributed by atoms with Crippen LogP contribution in [0.2, 0.25) is 18.6 Å². The quantitative estimate of drug-likeness (QED) is 0.248. The average molecular weight is 607 g/mol. The maximum Gasteiger partial charge on any atom is 0.255 e. The molecule has 1 unspecified atom stereocenters. The van der Waals surface area contributed by atoms with Gasteiger partial charge in [-0.2, -0.15) is 0 Å². The molecule has 4 rings (SSSR count). The summed E-state index contributed by atoms with van der Waals surface area (Å²) in [6, 6.07) is 21.9. The van der Waals surface area contributed by atoms with Crippen molar-refractivity contribution in [1.82, 2.24) is 4.90 Å². The molecule has 1 aliphatic rings. The van der Waals surface area contributed by atoms with Gasteiger partial charge in [-0.15, -0.1) is 0 Å². The summed E-state index contributed by atoms with van der Waals surface area (Å²) in [6.07, 6.45) is -0.793. The Labute approximate surface area is 254 Å². The van der Waals surface area contributed by atoms with Gasteiger partial charge in [-0.05, 0) is 61.1 Å². The zero-order valence-corrected chi connectivity index (χ0v) is 26.4. The van der Waals surface area contributed by atoms with Crippen LogP contribution in [0.3, 0.4) is 0 Å². The molecule has 0 saturated carbocycles. The summed E-state index contributed by atoms with van der Waals surface area (Å²) in [4.78, 5) is 39.6. The van der Waals surface area contributed by atoms with Crippen molar-refractivity contribution in [3.8, 4) is 11.5 Å². The molecule has 10 heteroatoms. The minimum atomic E-state index is -2.94. The zero-order valence-electron chi connectivity index (χ0n) is 25.4. The number of nitrogens with one attached hydrogen (secondary N) is 1. The molecule has 43 heavy (non-hydrogen) atoms. The molecule has 1 heterocycles. The normalized spacial score (nSPS) is 18.6. The van der Waals surface area contributed by atoms with E-state index in [1.54, 1.807) is 55.5 Å². The molecule has 3 aromatic carbocycles. The number of carbonyl (C=O) groups is 2. The van der Waals surface area contributed by atoms with E-state index in [-0.39, 0.29) is 37.3 Å². The Bertz CT molecular complexity index is 1380. The average Bonchev–Trinajstić information content (AvgIpc) is 2.99. The summed E-state index contributed by atoms with van der Waals surface area (Å²) in [6.45, 7) is 6.06. The molecule has 9 nitrogen and oxygen atoms in total. The second-order valence-electron chi connectivity index (χ2n) is 11.5. The highest BCUT2D eigenvalue weighted by Gasteiger charge is 2.47. The fourth-order valence-electron chi connectivity index (χ4n) is 5.70. The molecular formula is C33H42N2O7Si. The van der Waals surface area contributed by atoms with Crippen LogP contribution in [0.25, 0.3) is 0 Å². The van der Waals surface area contributed by atoms with Gasteiger partial charge in [0.05, 0.1) is 19.8 Å². The van der Waals surface area contributed by atoms with Crippen molar-refractivity contribution in [2.45, 2.75) is 50.7 Å². The van der Waals surface area contributed by atoms with Gasteiger partial charge in [-0.25, -0.2) is 0 Å². The Morgan fingerprint density at radius 2 is 1.74 bits per heavy atom. The van der Waals surface area contributed by atoms with E-state index >= 15 is 0 Å². The molecule has 3 N–H and O–H groups in total. The standard InChI is InChI=1S/C33H42N2O7Si/c1-22-31(41-3)27-19-25(34-33(38)24-11-14-26(40-2)15-12-24)13-16-28(27)42-32(22)29(43(4,5)39)20-30(37)35(17-18-36)21-23-9-7-6-8-10-23/h6-16,19,22,29,31-32,36,39H,17-18,20-21H2,1-5H3,(H,34,38)/t22-,29?,31-,32-/m0/s1. The SMILES string of the molecule is COc1ccc(C(=O)Nc2ccc3c(c2)[C@@H](OC)[C@H](C)[C@@H](C(CC(=O)N(CCO)Cc2ccccc2)[Si](C)(C)O)O3)cc1. The molecule has 2 amide bonds. The lowest BCUT2D eigenvalue weighted by molar-refractivity contribution is -0.133. The van der Waals surface area contributed by atoms with E-state index in [4.69, 9.17) is 14.2 Å². The van der Waals surface area contributed by atoms with Gasteiger partial charge >= 0.3 is 0 Å². The number of nitrogens with zero attached hydrogens (tertiary/aromatic N) is 1. The van der Waals surface area contributed by atoms with Gasteiger partial charge in [-0.1, -0.05) is 37.3 Å². The second-order valence-corrected chi connectivity index (χ2v) is 15.6. The number of amides is 2. The predicted molar refractivity (Wildman–Crippen MR) is 168 cm³/mol. The number of hydrogen-bond donors (Lipinski definition) is 3. The summed E-state index contributed by atoms with van der Waals surface area (Å²) >= 11 is 0. The van der Waals surface area contributed by atoms with E-state index in [9.17, 15) is 19.5 Å². The van der Waals surface area contributed by atoms with Crippen LogP contribution in [-0.2, 0) is 16.1 Å². The number of anilines is 1. The van der Waals surface area contributed by atoms with E-state index in [0.29, 0.717) is 29.3 Å². The largest absolute Gasteiger partial charge is 0.497 e. The van der Waals surface area contributed by atoms with Gasteiger partial charge in [0, 0.05) is 54.9 Å². The summed E-state index contributed by atoms with van der Waals surface area (Å²) in [5.41, 5.74) is 2.41. The van der Waals surface area contributed by atoms with Crippen molar-refractivity contribution in [1.29, 1.82) is 0 Å². The predicted octanol–water partition coefficient (Wildman–Crippen LogP) is 5.01. The first kappa shape index (κ1) is 32.2. The molecule has 0 fully saturated rings. The highest BCUT2D eigenvalue weighted by molar-refractivity contribution is 6.71. The molecule has 4 atom stereocenters. The summed E-state index contributed by atoms with van der Waals surface area (Å²) in [7, 11) is 0.262. The summed E-state index contributed by atoms with van der Waals surface area (Å²) in [5, 5.41) is 12.6. The van der Waals surface area contributed by atoms with Crippen molar-refractivity contribution >= 4 is 25.8 Å². The molecule has 0 saturated heterocycles. The van der Waals surface area contributed by atoms with E-state index in [1.165, 1.54) is 0 Å². The topological polar surface area (TPSA) is 118 Å². The molecule has 3 aromatic rings. The molecule has 0 radical (unpaired) electrons. The van der Waals surface area contributed by atoms with Crippen LogP contribution in [0.15, 0.2) is 72.8 Å². The third kappa shape index (κ3) is 7.83. The van der Waals surface area contributed by atoms with E-state index < -0.39 is 26.1 Å². The number of hydrogen-bond acceptors (Lipinski definition) is 7. The fraction of sp³-hybridized carbons (Fsp3) is 0.394. The number of fused-ring (bicyclic) bond motifs is 1. The van der Waals surface area contributed by atoms with Crippen LogP contribution in [-0.4, -0.2) is 68.4 Å². The third-order valence-corrected chi connectivity index (χ3v) is 10.4. The highest BCUT2D eigenvalue weighted by atomic mass is 28.4. The Morgan fingerprint density at radius 1 is 1.05 bits per heavy atom. The van der Waals surface area contributed by atoms with Gasteiger partial charge in [0.25, 0.3) is 5.91 Å². The van der Waals surface area contributed by atoms with Gasteiger partial charge in [0.15, 0.2) is 8.32 Å². The molecule has 0 aromatic heterocycles. The highest BCUT2D eigenvalue weighted by Crippen LogP contribution is 2.47. The maximum absolute atomic E-state index is 13.6. The Morgan fingerprint density at radius 3 is 2.35 bits per heavy atom. The molecule has 0 bridgehead atoms. The first-order valence-electron chi connectivity index (χ1n) is 14.5. The molecular weight excluding hydrogens is 564 g/mol. The third-order valence-electron chi connectivity index (χ3n) is 8.08. The molecule has 0 spiro atoms. The summed E-state index contributed by atoms with van der Waals surface area (Å²) < 4.78 is 17.7. The number of methoxy groups -OCH3 is 2. The molecule has 0 aliphatic carbocycles. The maximum atomic E-state index is 13.6. The Hall–Kier alpha value is -3.70. The Balaban J connectivity index is 1.55. The number of benzene rings is 3. The van der Waals surface area contributed by atoms with Crippen LogP contribution in [0, 0.1) is 5.92 Å². The number of aliphatic hydroxyl groups is 1. The van der Waals surface area contributed by atoms with Crippen molar-refractivity contribution in [2.75, 3.05) is 32.7 Å². The number of aliphatic hydroxyl groups excluding tert-OH is 1. The lowest BCUT2D eigenvalue weighted by Crippen LogP contribution is -2.50. The zero-order chi connectivity index (χ0) is 31.1. The van der Waals surface area contributed by atoms with Crippen LogP contribution in [0.4, 0.5) is 5.69 Å². The van der Waals surface area contributed by atoms with Crippen molar-refractivity contribution < 1.29 is 33.7 Å². The second kappa shape index (κ2) is 14.2. The first-order valence-corrected chi connectivity index (χ1v) is 17.5. The Kier molecular flexibility index (Phi) is 10.6. The van der Waals surface area contributed by atoms with Gasteiger partial charge in [0.2, 0.25) is 5.91 Å². The monoisotopic (exact) mass is 606 g/mol. The van der Waals surface area contributed by atoms with Crippen LogP contribution in [0.1, 0.15) is 40.9 Å².